The van der Waals surface area contributed by atoms with Gasteiger partial charge in [-0.1, -0.05) is 17.8 Å². The van der Waals surface area contributed by atoms with Gasteiger partial charge in [0.2, 0.25) is 0 Å². The summed E-state index contributed by atoms with van der Waals surface area (Å²) in [6.07, 6.45) is 3.72. The molecule has 0 amide bonds. The summed E-state index contributed by atoms with van der Waals surface area (Å²) in [5, 5.41) is 0.557. The Hall–Kier alpha value is -1.49. The number of hydrogen-bond donors (Lipinski definition) is 0. The van der Waals surface area contributed by atoms with E-state index in [0.29, 0.717) is 6.61 Å². The quantitative estimate of drug-likeness (QED) is 0.617. The molecule has 0 aliphatic carbocycles. The minimum Gasteiger partial charge on any atom is -0.465 e. The molecule has 0 aliphatic heterocycles. The number of ether oxygens (including phenoxy) is 1. The van der Waals surface area contributed by atoms with Gasteiger partial charge in [-0.2, -0.15) is 0 Å². The van der Waals surface area contributed by atoms with Crippen LogP contribution in [-0.2, 0) is 9.53 Å². The molecule has 4 nitrogen and oxygen atoms in total. The van der Waals surface area contributed by atoms with Crippen molar-refractivity contribution < 1.29 is 9.53 Å². The molecular formula is C12H14N2O2S. The second-order valence-corrected chi connectivity index (χ2v) is 4.86. The summed E-state index contributed by atoms with van der Waals surface area (Å²) in [4.78, 5) is 15.8. The first-order valence-electron chi connectivity index (χ1n) is 5.47. The van der Waals surface area contributed by atoms with Gasteiger partial charge in [-0.25, -0.2) is 4.98 Å². The van der Waals surface area contributed by atoms with Crippen molar-refractivity contribution in [2.24, 2.45) is 0 Å². The predicted molar refractivity (Wildman–Crippen MR) is 67.1 cm³/mol. The first-order valence-corrected chi connectivity index (χ1v) is 6.35. The lowest BCUT2D eigenvalue weighted by Gasteiger charge is -2.08. The molecule has 2 aromatic rings. The highest BCUT2D eigenvalue weighted by molar-refractivity contribution is 8.00. The summed E-state index contributed by atoms with van der Waals surface area (Å²) in [5.41, 5.74) is 1.02. The Labute approximate surface area is 104 Å². The second-order valence-electron chi connectivity index (χ2n) is 3.55. The molecule has 1 atom stereocenters. The van der Waals surface area contributed by atoms with Crippen LogP contribution in [0.2, 0.25) is 0 Å². The zero-order chi connectivity index (χ0) is 12.3. The number of nitrogens with zero attached hydrogens (tertiary/aromatic N) is 2. The molecule has 0 bridgehead atoms. The number of esters is 1. The van der Waals surface area contributed by atoms with Crippen LogP contribution >= 0.6 is 11.8 Å². The van der Waals surface area contributed by atoms with E-state index < -0.39 is 0 Å². The third kappa shape index (κ3) is 2.61. The fraction of sp³-hybridized carbons (Fsp3) is 0.333. The van der Waals surface area contributed by atoms with Crippen LogP contribution in [0.4, 0.5) is 0 Å². The molecule has 2 heterocycles. The van der Waals surface area contributed by atoms with Crippen LogP contribution in [0.3, 0.4) is 0 Å². The van der Waals surface area contributed by atoms with Gasteiger partial charge >= 0.3 is 5.97 Å². The molecule has 5 heteroatoms. The fourth-order valence-electron chi connectivity index (χ4n) is 1.47. The van der Waals surface area contributed by atoms with Crippen molar-refractivity contribution in [1.29, 1.82) is 0 Å². The Morgan fingerprint density at radius 1 is 1.59 bits per heavy atom. The maximum Gasteiger partial charge on any atom is 0.319 e. The highest BCUT2D eigenvalue weighted by Gasteiger charge is 2.17. The largest absolute Gasteiger partial charge is 0.465 e. The van der Waals surface area contributed by atoms with Crippen molar-refractivity contribution in [3.8, 4) is 0 Å². The molecule has 0 saturated heterocycles. The summed E-state index contributed by atoms with van der Waals surface area (Å²) in [7, 11) is 0. The number of carbonyl (C=O) groups is 1. The Kier molecular flexibility index (Phi) is 3.68. The SMILES string of the molecule is CCOC(=O)[C@@H](C)Sc1ncc2ccccn12. The molecule has 17 heavy (non-hydrogen) atoms. The number of thioether (sulfide) groups is 1. The second kappa shape index (κ2) is 5.23. The smallest absolute Gasteiger partial charge is 0.319 e. The van der Waals surface area contributed by atoms with E-state index in [2.05, 4.69) is 4.98 Å². The Morgan fingerprint density at radius 2 is 2.41 bits per heavy atom. The van der Waals surface area contributed by atoms with E-state index in [4.69, 9.17) is 4.74 Å². The zero-order valence-electron chi connectivity index (χ0n) is 9.79. The summed E-state index contributed by atoms with van der Waals surface area (Å²) < 4.78 is 6.93. The van der Waals surface area contributed by atoms with Gasteiger partial charge in [0, 0.05) is 6.20 Å². The number of rotatable bonds is 4. The van der Waals surface area contributed by atoms with Gasteiger partial charge in [-0.3, -0.25) is 9.20 Å². The van der Waals surface area contributed by atoms with Gasteiger partial charge < -0.3 is 4.74 Å². The molecule has 0 saturated carbocycles. The minimum atomic E-state index is -0.249. The standard InChI is InChI=1S/C12H14N2O2S/c1-3-16-11(15)9(2)17-12-13-8-10-6-4-5-7-14(10)12/h4-9H,3H2,1-2H3/t9-/m1/s1. The van der Waals surface area contributed by atoms with Gasteiger partial charge in [0.25, 0.3) is 0 Å². The number of aromatic nitrogens is 2. The number of pyridine rings is 1. The lowest BCUT2D eigenvalue weighted by atomic mass is 10.4. The van der Waals surface area contributed by atoms with Gasteiger partial charge in [0.05, 0.1) is 18.3 Å². The lowest BCUT2D eigenvalue weighted by molar-refractivity contribution is -0.142. The molecule has 0 spiro atoms. The molecule has 0 N–H and O–H groups in total. The van der Waals surface area contributed by atoms with E-state index in [1.165, 1.54) is 11.8 Å². The third-order valence-electron chi connectivity index (χ3n) is 2.31. The molecule has 0 radical (unpaired) electrons. The minimum absolute atomic E-state index is 0.204. The summed E-state index contributed by atoms with van der Waals surface area (Å²) in [5.74, 6) is -0.204. The Morgan fingerprint density at radius 3 is 3.18 bits per heavy atom. The topological polar surface area (TPSA) is 43.6 Å². The number of imidazole rings is 1. The monoisotopic (exact) mass is 250 g/mol. The highest BCUT2D eigenvalue weighted by atomic mass is 32.2. The van der Waals surface area contributed by atoms with Crippen LogP contribution in [0.1, 0.15) is 13.8 Å². The molecular weight excluding hydrogens is 236 g/mol. The molecule has 2 rings (SSSR count). The van der Waals surface area contributed by atoms with Crippen molar-refractivity contribution >= 4 is 23.2 Å². The first-order chi connectivity index (χ1) is 8.22. The summed E-state index contributed by atoms with van der Waals surface area (Å²) in [6, 6.07) is 5.88. The Balaban J connectivity index is 2.16. The normalized spacial score (nSPS) is 12.6. The van der Waals surface area contributed by atoms with Crippen molar-refractivity contribution in [2.75, 3.05) is 6.61 Å². The Bertz CT molecular complexity index is 524. The zero-order valence-corrected chi connectivity index (χ0v) is 10.6. The lowest BCUT2D eigenvalue weighted by Crippen LogP contribution is -2.17. The summed E-state index contributed by atoms with van der Waals surface area (Å²) >= 11 is 1.41. The van der Waals surface area contributed by atoms with Crippen LogP contribution in [-0.4, -0.2) is 27.2 Å². The van der Waals surface area contributed by atoms with Gasteiger partial charge in [-0.05, 0) is 26.0 Å². The predicted octanol–water partition coefficient (Wildman–Crippen LogP) is 2.38. The number of fused-ring (bicyclic) bond motifs is 1. The van der Waals surface area contributed by atoms with Crippen molar-refractivity contribution in [1.82, 2.24) is 9.38 Å². The molecule has 2 aromatic heterocycles. The molecule has 90 valence electrons. The van der Waals surface area contributed by atoms with Crippen LogP contribution in [0.15, 0.2) is 35.7 Å². The molecule has 0 aliphatic rings. The van der Waals surface area contributed by atoms with Crippen LogP contribution in [0.5, 0.6) is 0 Å². The van der Waals surface area contributed by atoms with E-state index in [0.717, 1.165) is 10.7 Å². The number of hydrogen-bond acceptors (Lipinski definition) is 4. The maximum absolute atomic E-state index is 11.5. The maximum atomic E-state index is 11.5. The van der Waals surface area contributed by atoms with Crippen LogP contribution in [0.25, 0.3) is 5.52 Å². The molecule has 0 unspecified atom stereocenters. The van der Waals surface area contributed by atoms with Gasteiger partial charge in [0.15, 0.2) is 5.16 Å². The van der Waals surface area contributed by atoms with E-state index in [1.54, 1.807) is 13.1 Å². The number of carbonyl (C=O) groups excluding carboxylic acids is 1. The van der Waals surface area contributed by atoms with Crippen molar-refractivity contribution in [2.45, 2.75) is 24.3 Å². The van der Waals surface area contributed by atoms with E-state index in [1.807, 2.05) is 35.7 Å². The van der Waals surface area contributed by atoms with Gasteiger partial charge in [0.1, 0.15) is 5.25 Å². The highest BCUT2D eigenvalue weighted by Crippen LogP contribution is 2.23. The average molecular weight is 250 g/mol. The fourth-order valence-corrected chi connectivity index (χ4v) is 2.35. The van der Waals surface area contributed by atoms with Crippen molar-refractivity contribution in [3.05, 3.63) is 30.6 Å². The van der Waals surface area contributed by atoms with E-state index in [9.17, 15) is 4.79 Å². The first kappa shape index (κ1) is 12.0. The van der Waals surface area contributed by atoms with Crippen LogP contribution < -0.4 is 0 Å². The van der Waals surface area contributed by atoms with E-state index in [-0.39, 0.29) is 11.2 Å². The van der Waals surface area contributed by atoms with Gasteiger partial charge in [-0.15, -0.1) is 0 Å². The van der Waals surface area contributed by atoms with Crippen molar-refractivity contribution in [3.63, 3.8) is 0 Å². The molecule has 0 fully saturated rings. The summed E-state index contributed by atoms with van der Waals surface area (Å²) in [6.45, 7) is 4.04. The molecule has 0 aromatic carbocycles. The third-order valence-corrected chi connectivity index (χ3v) is 3.36. The van der Waals surface area contributed by atoms with E-state index >= 15 is 0 Å². The van der Waals surface area contributed by atoms with Crippen LogP contribution in [0, 0.1) is 0 Å². The average Bonchev–Trinajstić information content (AvgIpc) is 2.73.